The minimum atomic E-state index is 0.625. The molecular formula is C12H19BrN2O2. The maximum absolute atomic E-state index is 5.80. The average Bonchev–Trinajstić information content (AvgIpc) is 2.30. The fourth-order valence-corrected chi connectivity index (χ4v) is 1.84. The molecule has 0 saturated heterocycles. The van der Waals surface area contributed by atoms with Gasteiger partial charge in [0.25, 0.3) is 0 Å². The van der Waals surface area contributed by atoms with E-state index in [9.17, 15) is 0 Å². The zero-order valence-corrected chi connectivity index (χ0v) is 11.8. The lowest BCUT2D eigenvalue weighted by Crippen LogP contribution is -2.12. The smallest absolute Gasteiger partial charge is 0.0701 e. The van der Waals surface area contributed by atoms with Gasteiger partial charge in [0.15, 0.2) is 0 Å². The quantitative estimate of drug-likeness (QED) is 0.600. The van der Waals surface area contributed by atoms with Gasteiger partial charge in [0, 0.05) is 29.5 Å². The first-order valence-corrected chi connectivity index (χ1v) is 6.30. The second kappa shape index (κ2) is 7.53. The van der Waals surface area contributed by atoms with Crippen molar-refractivity contribution in [2.45, 2.75) is 6.92 Å². The van der Waals surface area contributed by atoms with Gasteiger partial charge in [-0.05, 0) is 40.5 Å². The molecule has 0 heterocycles. The third-order valence-corrected chi connectivity index (χ3v) is 3.01. The first-order chi connectivity index (χ1) is 8.15. The molecule has 0 aromatic heterocycles. The molecule has 3 N–H and O–H groups in total. The van der Waals surface area contributed by atoms with Gasteiger partial charge in [-0.15, -0.1) is 0 Å². The predicted molar refractivity (Wildman–Crippen MR) is 74.5 cm³/mol. The summed E-state index contributed by atoms with van der Waals surface area (Å²) in [7, 11) is 1.66. The summed E-state index contributed by atoms with van der Waals surface area (Å²) in [4.78, 5) is 0. The SMILES string of the molecule is COCCOCCNc1cc(C)c(N)cc1Br. The summed E-state index contributed by atoms with van der Waals surface area (Å²) in [6.45, 7) is 4.65. The number of rotatable bonds is 7. The third-order valence-electron chi connectivity index (χ3n) is 2.35. The van der Waals surface area contributed by atoms with E-state index < -0.39 is 0 Å². The van der Waals surface area contributed by atoms with Crippen LogP contribution in [-0.2, 0) is 9.47 Å². The zero-order valence-electron chi connectivity index (χ0n) is 10.3. The van der Waals surface area contributed by atoms with Crippen LogP contribution in [0.3, 0.4) is 0 Å². The molecule has 0 saturated carbocycles. The highest BCUT2D eigenvalue weighted by atomic mass is 79.9. The Morgan fingerprint density at radius 1 is 1.29 bits per heavy atom. The number of hydrogen-bond donors (Lipinski definition) is 2. The average molecular weight is 303 g/mol. The normalized spacial score (nSPS) is 10.5. The van der Waals surface area contributed by atoms with Crippen LogP contribution in [-0.4, -0.2) is 33.5 Å². The number of nitrogens with two attached hydrogens (primary N) is 1. The van der Waals surface area contributed by atoms with Crippen LogP contribution in [0.25, 0.3) is 0 Å². The maximum Gasteiger partial charge on any atom is 0.0701 e. The molecule has 0 unspecified atom stereocenters. The molecule has 5 heteroatoms. The summed E-state index contributed by atoms with van der Waals surface area (Å²) in [6, 6.07) is 3.93. The lowest BCUT2D eigenvalue weighted by Gasteiger charge is -2.11. The largest absolute Gasteiger partial charge is 0.398 e. The van der Waals surface area contributed by atoms with E-state index in [0.29, 0.717) is 19.8 Å². The van der Waals surface area contributed by atoms with Gasteiger partial charge in [0.05, 0.1) is 19.8 Å². The number of methoxy groups -OCH3 is 1. The Kier molecular flexibility index (Phi) is 6.32. The van der Waals surface area contributed by atoms with E-state index in [-0.39, 0.29) is 0 Å². The van der Waals surface area contributed by atoms with Gasteiger partial charge in [-0.25, -0.2) is 0 Å². The van der Waals surface area contributed by atoms with Crippen molar-refractivity contribution >= 4 is 27.3 Å². The van der Waals surface area contributed by atoms with Crippen LogP contribution >= 0.6 is 15.9 Å². The van der Waals surface area contributed by atoms with E-state index in [1.54, 1.807) is 7.11 Å². The molecule has 0 fully saturated rings. The number of nitrogen functional groups attached to an aromatic ring is 1. The van der Waals surface area contributed by atoms with Crippen LogP contribution < -0.4 is 11.1 Å². The topological polar surface area (TPSA) is 56.5 Å². The molecule has 0 aliphatic heterocycles. The predicted octanol–water partition coefficient (Wildman–Crippen LogP) is 2.41. The molecule has 0 spiro atoms. The number of halogens is 1. The van der Waals surface area contributed by atoms with Crippen molar-refractivity contribution in [1.82, 2.24) is 0 Å². The van der Waals surface area contributed by atoms with Gasteiger partial charge in [-0.1, -0.05) is 0 Å². The molecule has 1 aromatic carbocycles. The maximum atomic E-state index is 5.80. The molecule has 0 radical (unpaired) electrons. The molecule has 1 aromatic rings. The van der Waals surface area contributed by atoms with Crippen LogP contribution in [0.4, 0.5) is 11.4 Å². The van der Waals surface area contributed by atoms with Crippen LogP contribution in [0.1, 0.15) is 5.56 Å². The summed E-state index contributed by atoms with van der Waals surface area (Å²) in [5.74, 6) is 0. The van der Waals surface area contributed by atoms with Gasteiger partial charge >= 0.3 is 0 Å². The van der Waals surface area contributed by atoms with Crippen molar-refractivity contribution in [2.75, 3.05) is 44.5 Å². The molecule has 0 aliphatic rings. The van der Waals surface area contributed by atoms with Crippen molar-refractivity contribution < 1.29 is 9.47 Å². The van der Waals surface area contributed by atoms with E-state index in [4.69, 9.17) is 15.2 Å². The van der Waals surface area contributed by atoms with Crippen molar-refractivity contribution in [1.29, 1.82) is 0 Å². The van der Waals surface area contributed by atoms with Crippen molar-refractivity contribution in [2.24, 2.45) is 0 Å². The van der Waals surface area contributed by atoms with E-state index in [2.05, 4.69) is 21.2 Å². The Bertz CT molecular complexity index is 359. The number of ether oxygens (including phenoxy) is 2. The molecule has 0 bridgehead atoms. The number of aryl methyl sites for hydroxylation is 1. The highest BCUT2D eigenvalue weighted by Crippen LogP contribution is 2.27. The van der Waals surface area contributed by atoms with Gasteiger partial charge in [-0.2, -0.15) is 0 Å². The Balaban J connectivity index is 2.34. The first kappa shape index (κ1) is 14.3. The van der Waals surface area contributed by atoms with Crippen LogP contribution in [0.5, 0.6) is 0 Å². The molecule has 17 heavy (non-hydrogen) atoms. The van der Waals surface area contributed by atoms with Crippen LogP contribution in [0, 0.1) is 6.92 Å². The van der Waals surface area contributed by atoms with Gasteiger partial charge in [0.1, 0.15) is 0 Å². The molecule has 96 valence electrons. The minimum Gasteiger partial charge on any atom is -0.398 e. The lowest BCUT2D eigenvalue weighted by atomic mass is 10.2. The fourth-order valence-electron chi connectivity index (χ4n) is 1.33. The molecule has 0 atom stereocenters. The first-order valence-electron chi connectivity index (χ1n) is 5.51. The van der Waals surface area contributed by atoms with E-state index >= 15 is 0 Å². The number of hydrogen-bond acceptors (Lipinski definition) is 4. The molecule has 0 aliphatic carbocycles. The second-order valence-corrected chi connectivity index (χ2v) is 4.57. The monoisotopic (exact) mass is 302 g/mol. The fraction of sp³-hybridized carbons (Fsp3) is 0.500. The number of nitrogens with one attached hydrogen (secondary N) is 1. The summed E-state index contributed by atoms with van der Waals surface area (Å²) in [5.41, 5.74) is 8.69. The van der Waals surface area contributed by atoms with Crippen LogP contribution in [0.15, 0.2) is 16.6 Å². The Hall–Kier alpha value is -0.780. The van der Waals surface area contributed by atoms with E-state index in [1.165, 1.54) is 0 Å². The Morgan fingerprint density at radius 3 is 2.76 bits per heavy atom. The second-order valence-electron chi connectivity index (χ2n) is 3.72. The molecule has 0 amide bonds. The standard InChI is InChI=1S/C12H19BrN2O2/c1-9-7-12(10(13)8-11(9)14)15-3-4-17-6-5-16-2/h7-8,15H,3-6,14H2,1-2H3. The van der Waals surface area contributed by atoms with E-state index in [1.807, 2.05) is 19.1 Å². The van der Waals surface area contributed by atoms with Gasteiger partial charge in [-0.3, -0.25) is 0 Å². The lowest BCUT2D eigenvalue weighted by molar-refractivity contribution is 0.0759. The summed E-state index contributed by atoms with van der Waals surface area (Å²) in [6.07, 6.45) is 0. The van der Waals surface area contributed by atoms with Crippen molar-refractivity contribution in [3.8, 4) is 0 Å². The van der Waals surface area contributed by atoms with Crippen molar-refractivity contribution in [3.05, 3.63) is 22.2 Å². The highest BCUT2D eigenvalue weighted by molar-refractivity contribution is 9.10. The zero-order chi connectivity index (χ0) is 12.7. The van der Waals surface area contributed by atoms with Gasteiger partial charge < -0.3 is 20.5 Å². The minimum absolute atomic E-state index is 0.625. The molecule has 4 nitrogen and oxygen atoms in total. The molecule has 1 rings (SSSR count). The van der Waals surface area contributed by atoms with Crippen LogP contribution in [0.2, 0.25) is 0 Å². The van der Waals surface area contributed by atoms with Gasteiger partial charge in [0.2, 0.25) is 0 Å². The number of anilines is 2. The number of benzene rings is 1. The molecular weight excluding hydrogens is 284 g/mol. The third kappa shape index (κ3) is 4.93. The van der Waals surface area contributed by atoms with Crippen molar-refractivity contribution in [3.63, 3.8) is 0 Å². The Labute approximate surface area is 111 Å². The Morgan fingerprint density at radius 2 is 2.06 bits per heavy atom. The summed E-state index contributed by atoms with van der Waals surface area (Å²) >= 11 is 3.47. The highest BCUT2D eigenvalue weighted by Gasteiger charge is 2.02. The summed E-state index contributed by atoms with van der Waals surface area (Å²) in [5, 5.41) is 3.29. The summed E-state index contributed by atoms with van der Waals surface area (Å²) < 4.78 is 11.2. The van der Waals surface area contributed by atoms with E-state index in [0.717, 1.165) is 28.0 Å².